The Labute approximate surface area is 232 Å². The number of nitrogen functional groups attached to an aromatic ring is 1. The van der Waals surface area contributed by atoms with Gasteiger partial charge in [-0.05, 0) is 71.5 Å². The number of fused-ring (bicyclic) bond motifs is 1. The van der Waals surface area contributed by atoms with Gasteiger partial charge in [0.15, 0.2) is 0 Å². The van der Waals surface area contributed by atoms with Crippen LogP contribution < -0.4 is 16.0 Å². The minimum atomic E-state index is -2.77. The van der Waals surface area contributed by atoms with Crippen LogP contribution in [0.1, 0.15) is 65.3 Å². The van der Waals surface area contributed by atoms with E-state index in [0.717, 1.165) is 24.9 Å². The fourth-order valence-electron chi connectivity index (χ4n) is 4.54. The zero-order valence-corrected chi connectivity index (χ0v) is 24.1. The van der Waals surface area contributed by atoms with Crippen LogP contribution in [0.2, 0.25) is 0 Å². The zero-order chi connectivity index (χ0) is 28.7. The second-order valence-corrected chi connectivity index (χ2v) is 11.5. The Hall–Kier alpha value is -2.79. The first-order valence-corrected chi connectivity index (χ1v) is 14.3. The highest BCUT2D eigenvalue weighted by molar-refractivity contribution is 8.00. The van der Waals surface area contributed by atoms with Crippen molar-refractivity contribution in [2.45, 2.75) is 77.3 Å². The lowest BCUT2D eigenvalue weighted by Gasteiger charge is -2.27. The van der Waals surface area contributed by atoms with Gasteiger partial charge >= 0.3 is 0 Å². The summed E-state index contributed by atoms with van der Waals surface area (Å²) in [6.45, 7) is 4.52. The van der Waals surface area contributed by atoms with Gasteiger partial charge in [0.2, 0.25) is 11.9 Å². The van der Waals surface area contributed by atoms with E-state index < -0.39 is 11.7 Å². The van der Waals surface area contributed by atoms with E-state index in [4.69, 9.17) is 5.73 Å². The Morgan fingerprint density at radius 3 is 2.46 bits per heavy atom. The van der Waals surface area contributed by atoms with Crippen LogP contribution in [0.15, 0.2) is 35.3 Å². The molecule has 3 N–H and O–H groups in total. The number of aromatic nitrogens is 3. The van der Waals surface area contributed by atoms with E-state index in [9.17, 15) is 18.0 Å². The molecule has 1 aromatic carbocycles. The molecule has 1 fully saturated rings. The Balaban J connectivity index is 0.000000395. The van der Waals surface area contributed by atoms with E-state index in [0.29, 0.717) is 22.2 Å². The number of anilines is 2. The number of nitrogens with two attached hydrogens (primary N) is 1. The molecule has 1 aliphatic rings. The van der Waals surface area contributed by atoms with Crippen molar-refractivity contribution in [2.24, 2.45) is 0 Å². The molecule has 39 heavy (non-hydrogen) atoms. The molecule has 11 heteroatoms. The monoisotopic (exact) mass is 564 g/mol. The average molecular weight is 565 g/mol. The third kappa shape index (κ3) is 8.60. The van der Waals surface area contributed by atoms with Gasteiger partial charge in [-0.25, -0.2) is 18.2 Å². The molecule has 4 rings (SSSR count). The van der Waals surface area contributed by atoms with Crippen LogP contribution in [-0.4, -0.2) is 51.2 Å². The van der Waals surface area contributed by atoms with Crippen LogP contribution in [0, 0.1) is 5.82 Å². The lowest BCUT2D eigenvalue weighted by molar-refractivity contribution is 0.0194. The van der Waals surface area contributed by atoms with Crippen LogP contribution in [0.25, 0.3) is 22.2 Å². The molecule has 0 atom stereocenters. The van der Waals surface area contributed by atoms with E-state index in [1.807, 2.05) is 13.8 Å². The first-order chi connectivity index (χ1) is 18.4. The summed E-state index contributed by atoms with van der Waals surface area (Å²) in [4.78, 5) is 23.6. The summed E-state index contributed by atoms with van der Waals surface area (Å²) in [5.41, 5.74) is 6.60. The molecule has 2 aromatic heterocycles. The van der Waals surface area contributed by atoms with Crippen LogP contribution >= 0.6 is 11.9 Å². The second-order valence-electron chi connectivity index (χ2n) is 10.6. The molecule has 0 spiro atoms. The molecular formula is C28H39F3N6OS. The number of nitrogens with zero attached hydrogens (tertiary/aromatic N) is 4. The van der Waals surface area contributed by atoms with Gasteiger partial charge in [0.25, 0.3) is 5.56 Å². The quantitative estimate of drug-likeness (QED) is 0.231. The zero-order valence-electron chi connectivity index (χ0n) is 23.3. The molecule has 0 aliphatic heterocycles. The molecule has 1 aliphatic carbocycles. The van der Waals surface area contributed by atoms with Gasteiger partial charge in [0.1, 0.15) is 11.5 Å². The largest absolute Gasteiger partial charge is 0.368 e. The highest BCUT2D eigenvalue weighted by atomic mass is 32.2. The lowest BCUT2D eigenvalue weighted by atomic mass is 9.95. The maximum Gasteiger partial charge on any atom is 0.260 e. The summed E-state index contributed by atoms with van der Waals surface area (Å²) in [6, 6.07) is 6.61. The highest BCUT2D eigenvalue weighted by Gasteiger charge is 2.20. The van der Waals surface area contributed by atoms with E-state index in [2.05, 4.69) is 33.7 Å². The Morgan fingerprint density at radius 1 is 1.21 bits per heavy atom. The van der Waals surface area contributed by atoms with Gasteiger partial charge in [0.05, 0.1) is 5.69 Å². The number of rotatable bonds is 8. The molecular weight excluding hydrogens is 525 g/mol. The van der Waals surface area contributed by atoms with Crippen LogP contribution in [0.3, 0.4) is 0 Å². The normalized spacial score (nSPS) is 14.5. The van der Waals surface area contributed by atoms with Crippen LogP contribution in [-0.2, 0) is 0 Å². The SMILES string of the molecule is CC(C)n1c(=O)c(-c2ccc(NSCCC(C)(F)F)c(F)c2)cc2cnc(N)nc21.CN(C)C1CCCCC1. The van der Waals surface area contributed by atoms with Crippen molar-refractivity contribution in [1.29, 1.82) is 0 Å². The molecule has 214 valence electrons. The predicted octanol–water partition coefficient (Wildman–Crippen LogP) is 6.75. The second kappa shape index (κ2) is 13.5. The summed E-state index contributed by atoms with van der Waals surface area (Å²) < 4.78 is 44.5. The molecule has 1 saturated carbocycles. The van der Waals surface area contributed by atoms with E-state index in [1.165, 1.54) is 55.0 Å². The van der Waals surface area contributed by atoms with Gasteiger partial charge in [-0.1, -0.05) is 37.3 Å². The number of halogens is 3. The fourth-order valence-corrected chi connectivity index (χ4v) is 5.42. The van der Waals surface area contributed by atoms with Crippen molar-refractivity contribution in [2.75, 3.05) is 30.3 Å². The van der Waals surface area contributed by atoms with Gasteiger partial charge in [0, 0.05) is 41.4 Å². The van der Waals surface area contributed by atoms with Crippen molar-refractivity contribution in [3.8, 4) is 11.1 Å². The number of hydrogen-bond acceptors (Lipinski definition) is 7. The average Bonchev–Trinajstić information content (AvgIpc) is 2.87. The first-order valence-electron chi connectivity index (χ1n) is 13.3. The summed E-state index contributed by atoms with van der Waals surface area (Å²) in [6.07, 6.45) is 8.41. The van der Waals surface area contributed by atoms with Gasteiger partial charge < -0.3 is 15.4 Å². The Kier molecular flexibility index (Phi) is 10.7. The number of alkyl halides is 2. The molecule has 0 bridgehead atoms. The standard InChI is InChI=1S/C20H22F3N5OS.C8H17N/c1-11(2)28-17-13(10-25-19(24)26-17)8-14(18(28)29)12-4-5-16(15(21)9-12)27-30-7-6-20(3,22)23;1-9(2)8-6-4-3-5-7-8/h4-5,8-11,27H,6-7H2,1-3H3,(H2,24,25,26);8H,3-7H2,1-2H3. The van der Waals surface area contributed by atoms with Crippen molar-refractivity contribution in [1.82, 2.24) is 19.4 Å². The first kappa shape index (κ1) is 30.7. The number of pyridine rings is 1. The smallest absolute Gasteiger partial charge is 0.260 e. The van der Waals surface area contributed by atoms with E-state index in [-0.39, 0.29) is 35.4 Å². The Bertz CT molecular complexity index is 1300. The third-order valence-electron chi connectivity index (χ3n) is 6.72. The van der Waals surface area contributed by atoms with Crippen LogP contribution in [0.5, 0.6) is 0 Å². The van der Waals surface area contributed by atoms with Gasteiger partial charge in [-0.3, -0.25) is 9.36 Å². The van der Waals surface area contributed by atoms with E-state index >= 15 is 0 Å². The summed E-state index contributed by atoms with van der Waals surface area (Å²) in [5.74, 6) is -3.17. The summed E-state index contributed by atoms with van der Waals surface area (Å²) >= 11 is 0.998. The molecule has 7 nitrogen and oxygen atoms in total. The predicted molar refractivity (Wildman–Crippen MR) is 156 cm³/mol. The maximum absolute atomic E-state index is 14.6. The minimum absolute atomic E-state index is 0.0591. The number of hydrogen-bond donors (Lipinski definition) is 2. The number of nitrogens with one attached hydrogen (secondary N) is 1. The number of benzene rings is 1. The van der Waals surface area contributed by atoms with E-state index in [1.54, 1.807) is 12.1 Å². The Morgan fingerprint density at radius 2 is 1.90 bits per heavy atom. The molecule has 0 amide bonds. The molecule has 0 saturated heterocycles. The van der Waals surface area contributed by atoms with Gasteiger partial charge in [-0.2, -0.15) is 4.98 Å². The highest BCUT2D eigenvalue weighted by Crippen LogP contribution is 2.28. The maximum atomic E-state index is 14.6. The van der Waals surface area contributed by atoms with Crippen LogP contribution in [0.4, 0.5) is 24.8 Å². The minimum Gasteiger partial charge on any atom is -0.368 e. The fraction of sp³-hybridized carbons (Fsp3) is 0.536. The topological polar surface area (TPSA) is 89.1 Å². The molecule has 0 radical (unpaired) electrons. The third-order valence-corrected chi connectivity index (χ3v) is 7.49. The lowest BCUT2D eigenvalue weighted by Crippen LogP contribution is -2.29. The summed E-state index contributed by atoms with van der Waals surface area (Å²) in [7, 11) is 4.38. The van der Waals surface area contributed by atoms with Crippen molar-refractivity contribution >= 4 is 34.6 Å². The van der Waals surface area contributed by atoms with Crippen molar-refractivity contribution < 1.29 is 13.2 Å². The van der Waals surface area contributed by atoms with Crippen molar-refractivity contribution in [3.05, 3.63) is 46.6 Å². The van der Waals surface area contributed by atoms with Crippen molar-refractivity contribution in [3.63, 3.8) is 0 Å². The molecule has 0 unspecified atom stereocenters. The van der Waals surface area contributed by atoms with Gasteiger partial charge in [-0.15, -0.1) is 0 Å². The summed E-state index contributed by atoms with van der Waals surface area (Å²) in [5, 5.41) is 0.603. The molecule has 2 heterocycles. The molecule has 3 aromatic rings.